The Hall–Kier alpha value is -2.69. The van der Waals surface area contributed by atoms with Gasteiger partial charge in [0, 0.05) is 43.4 Å². The van der Waals surface area contributed by atoms with E-state index in [9.17, 15) is 9.59 Å². The Labute approximate surface area is 187 Å². The quantitative estimate of drug-likeness (QED) is 0.559. The van der Waals surface area contributed by atoms with Crippen LogP contribution in [0.4, 0.5) is 0 Å². The van der Waals surface area contributed by atoms with Crippen molar-refractivity contribution in [3.63, 3.8) is 0 Å². The number of aromatic nitrogens is 1. The number of unbranched alkanes of at least 4 members (excludes halogenated alkanes) is 1. The number of nitrogens with zero attached hydrogens (tertiary/aromatic N) is 2. The smallest absolute Gasteiger partial charge is 0.231 e. The first kappa shape index (κ1) is 24.6. The third kappa shape index (κ3) is 6.91. The van der Waals surface area contributed by atoms with E-state index in [4.69, 9.17) is 0 Å². The fraction of sp³-hybridized carbons (Fsp3) is 0.500. The van der Waals surface area contributed by atoms with Crippen LogP contribution in [-0.4, -0.2) is 40.3 Å². The van der Waals surface area contributed by atoms with Gasteiger partial charge in [-0.15, -0.1) is 0 Å². The highest BCUT2D eigenvalue weighted by molar-refractivity contribution is 5.85. The van der Waals surface area contributed by atoms with Crippen LogP contribution in [0, 0.1) is 0 Å². The van der Waals surface area contributed by atoms with Gasteiger partial charge in [0.05, 0.1) is 5.92 Å². The molecule has 0 aliphatic heterocycles. The van der Waals surface area contributed by atoms with Crippen LogP contribution >= 0.6 is 0 Å². The Kier molecular flexibility index (Phi) is 9.70. The van der Waals surface area contributed by atoms with Crippen LogP contribution < -0.4 is 5.32 Å². The molecule has 2 amide bonds. The van der Waals surface area contributed by atoms with Crippen LogP contribution in [0.2, 0.25) is 0 Å². The molecule has 0 fully saturated rings. The van der Waals surface area contributed by atoms with Gasteiger partial charge in [-0.1, -0.05) is 49.7 Å². The van der Waals surface area contributed by atoms with Crippen LogP contribution in [0.15, 0.2) is 54.9 Å². The average molecular weight is 424 g/mol. The minimum Gasteiger partial charge on any atom is -0.355 e. The van der Waals surface area contributed by atoms with Crippen molar-refractivity contribution in [2.75, 3.05) is 6.54 Å². The number of nitrogens with one attached hydrogen (secondary N) is 1. The molecule has 0 saturated carbocycles. The van der Waals surface area contributed by atoms with Crippen LogP contribution in [0.3, 0.4) is 0 Å². The predicted molar refractivity (Wildman–Crippen MR) is 126 cm³/mol. The summed E-state index contributed by atoms with van der Waals surface area (Å²) in [5.41, 5.74) is 1.91. The Morgan fingerprint density at radius 3 is 2.16 bits per heavy atom. The highest BCUT2D eigenvalue weighted by Gasteiger charge is 2.36. The van der Waals surface area contributed by atoms with Crippen LogP contribution in [0.5, 0.6) is 0 Å². The maximum atomic E-state index is 13.9. The molecule has 0 spiro atoms. The van der Waals surface area contributed by atoms with Gasteiger partial charge in [0.15, 0.2) is 0 Å². The lowest BCUT2D eigenvalue weighted by Gasteiger charge is -2.37. The van der Waals surface area contributed by atoms with Crippen LogP contribution in [-0.2, 0) is 9.59 Å². The molecule has 1 aromatic heterocycles. The molecule has 31 heavy (non-hydrogen) atoms. The van der Waals surface area contributed by atoms with Gasteiger partial charge in [0.1, 0.15) is 0 Å². The molecule has 1 aromatic carbocycles. The van der Waals surface area contributed by atoms with Crippen molar-refractivity contribution in [3.8, 4) is 0 Å². The average Bonchev–Trinajstić information content (AvgIpc) is 2.75. The molecule has 0 aliphatic rings. The largest absolute Gasteiger partial charge is 0.355 e. The van der Waals surface area contributed by atoms with Gasteiger partial charge in [-0.05, 0) is 51.3 Å². The second kappa shape index (κ2) is 12.2. The summed E-state index contributed by atoms with van der Waals surface area (Å²) >= 11 is 0. The van der Waals surface area contributed by atoms with Gasteiger partial charge in [-0.3, -0.25) is 14.6 Å². The van der Waals surface area contributed by atoms with E-state index in [1.54, 1.807) is 12.4 Å². The lowest BCUT2D eigenvalue weighted by Crippen LogP contribution is -2.47. The van der Waals surface area contributed by atoms with Crippen LogP contribution in [0.1, 0.15) is 76.8 Å². The van der Waals surface area contributed by atoms with E-state index >= 15 is 0 Å². The zero-order valence-corrected chi connectivity index (χ0v) is 19.5. The van der Waals surface area contributed by atoms with Gasteiger partial charge < -0.3 is 10.2 Å². The zero-order chi connectivity index (χ0) is 22.8. The molecular weight excluding hydrogens is 386 g/mol. The first-order valence-electron chi connectivity index (χ1n) is 11.4. The SMILES string of the molecule is CCCCC(=O)NCC(c1ccccc1)C(C(=O)N(C(C)C)C(C)C)c1cccnc1. The van der Waals surface area contributed by atoms with Crippen molar-refractivity contribution in [3.05, 3.63) is 66.0 Å². The zero-order valence-electron chi connectivity index (χ0n) is 19.5. The molecular formula is C26H37N3O2. The van der Waals surface area contributed by atoms with Crippen molar-refractivity contribution in [2.24, 2.45) is 0 Å². The van der Waals surface area contributed by atoms with Gasteiger partial charge in [-0.2, -0.15) is 0 Å². The minimum atomic E-state index is -0.438. The summed E-state index contributed by atoms with van der Waals surface area (Å²) in [6.07, 6.45) is 5.84. The highest BCUT2D eigenvalue weighted by atomic mass is 16.2. The summed E-state index contributed by atoms with van der Waals surface area (Å²) in [7, 11) is 0. The summed E-state index contributed by atoms with van der Waals surface area (Å²) in [4.78, 5) is 32.6. The molecule has 1 heterocycles. The molecule has 0 radical (unpaired) electrons. The topological polar surface area (TPSA) is 62.3 Å². The summed E-state index contributed by atoms with van der Waals surface area (Å²) < 4.78 is 0. The lowest BCUT2D eigenvalue weighted by atomic mass is 9.80. The summed E-state index contributed by atoms with van der Waals surface area (Å²) in [5, 5.41) is 3.09. The first-order chi connectivity index (χ1) is 14.9. The fourth-order valence-electron chi connectivity index (χ4n) is 4.15. The van der Waals surface area contributed by atoms with Crippen molar-refractivity contribution in [2.45, 2.75) is 77.8 Å². The Bertz CT molecular complexity index is 798. The standard InChI is InChI=1S/C26H37N3O2/c1-6-7-15-24(30)28-18-23(21-12-9-8-10-13-21)25(22-14-11-16-27-17-22)26(31)29(19(2)3)20(4)5/h8-14,16-17,19-20,23,25H,6-7,15,18H2,1-5H3,(H,28,30). The molecule has 0 aliphatic carbocycles. The molecule has 2 rings (SSSR count). The predicted octanol–water partition coefficient (Wildman–Crippen LogP) is 4.90. The molecule has 5 nitrogen and oxygen atoms in total. The number of pyridine rings is 1. The normalized spacial score (nSPS) is 13.1. The highest BCUT2D eigenvalue weighted by Crippen LogP contribution is 2.35. The molecule has 2 aromatic rings. The third-order valence-electron chi connectivity index (χ3n) is 5.58. The fourth-order valence-corrected chi connectivity index (χ4v) is 4.15. The van der Waals surface area contributed by atoms with E-state index < -0.39 is 5.92 Å². The number of rotatable bonds is 11. The number of hydrogen-bond acceptors (Lipinski definition) is 3. The summed E-state index contributed by atoms with van der Waals surface area (Å²) in [6, 6.07) is 14.0. The molecule has 168 valence electrons. The van der Waals surface area contributed by atoms with Gasteiger partial charge >= 0.3 is 0 Å². The van der Waals surface area contributed by atoms with E-state index in [0.29, 0.717) is 13.0 Å². The number of amides is 2. The van der Waals surface area contributed by atoms with E-state index in [-0.39, 0.29) is 29.8 Å². The molecule has 1 N–H and O–H groups in total. The third-order valence-corrected chi connectivity index (χ3v) is 5.58. The number of benzene rings is 1. The van der Waals surface area contributed by atoms with Crippen molar-refractivity contribution >= 4 is 11.8 Å². The van der Waals surface area contributed by atoms with E-state index in [1.807, 2.05) is 75.1 Å². The van der Waals surface area contributed by atoms with Crippen molar-refractivity contribution in [1.82, 2.24) is 15.2 Å². The first-order valence-corrected chi connectivity index (χ1v) is 11.4. The summed E-state index contributed by atoms with van der Waals surface area (Å²) in [5.74, 6) is -0.532. The van der Waals surface area contributed by atoms with Gasteiger partial charge in [-0.25, -0.2) is 0 Å². The van der Waals surface area contributed by atoms with Gasteiger partial charge in [0.25, 0.3) is 0 Å². The lowest BCUT2D eigenvalue weighted by molar-refractivity contribution is -0.137. The molecule has 0 saturated heterocycles. The molecule has 2 unspecified atom stereocenters. The van der Waals surface area contributed by atoms with E-state index in [1.165, 1.54) is 0 Å². The molecule has 2 atom stereocenters. The summed E-state index contributed by atoms with van der Waals surface area (Å²) in [6.45, 7) is 10.7. The maximum Gasteiger partial charge on any atom is 0.231 e. The van der Waals surface area contributed by atoms with E-state index in [0.717, 1.165) is 24.0 Å². The Balaban J connectivity index is 2.47. The second-order valence-corrected chi connectivity index (χ2v) is 8.62. The van der Waals surface area contributed by atoms with Gasteiger partial charge in [0.2, 0.25) is 11.8 Å². The minimum absolute atomic E-state index is 0.0322. The molecule has 0 bridgehead atoms. The Morgan fingerprint density at radius 2 is 1.61 bits per heavy atom. The number of carbonyl (C=O) groups excluding carboxylic acids is 2. The van der Waals surface area contributed by atoms with Crippen LogP contribution in [0.25, 0.3) is 0 Å². The van der Waals surface area contributed by atoms with E-state index in [2.05, 4.69) is 17.2 Å². The maximum absolute atomic E-state index is 13.9. The molecule has 5 heteroatoms. The number of carbonyl (C=O) groups is 2. The Morgan fingerprint density at radius 1 is 0.968 bits per heavy atom. The van der Waals surface area contributed by atoms with Crippen molar-refractivity contribution < 1.29 is 9.59 Å². The second-order valence-electron chi connectivity index (χ2n) is 8.62. The van der Waals surface area contributed by atoms with Crippen molar-refractivity contribution in [1.29, 1.82) is 0 Å². The number of hydrogen-bond donors (Lipinski definition) is 1. The monoisotopic (exact) mass is 423 g/mol.